The number of allylic oxidation sites excluding steroid dienone is 1. The number of hydrogen-bond donors (Lipinski definition) is 3. The number of hydrogen-bond acceptors (Lipinski definition) is 7. The second kappa shape index (κ2) is 9.09. The van der Waals surface area contributed by atoms with Gasteiger partial charge in [0.15, 0.2) is 0 Å². The van der Waals surface area contributed by atoms with Gasteiger partial charge >= 0.3 is 0 Å². The molecule has 1 aliphatic heterocycles. The molecular weight excluding hydrogens is 450 g/mol. The molecule has 0 radical (unpaired) electrons. The average molecular weight is 480 g/mol. The molecule has 36 heavy (non-hydrogen) atoms. The van der Waals surface area contributed by atoms with E-state index in [-0.39, 0.29) is 0 Å². The molecule has 0 aromatic carbocycles. The third kappa shape index (κ3) is 4.07. The number of anilines is 2. The number of aromatic amines is 2. The first-order valence-corrected chi connectivity index (χ1v) is 12.2. The quantitative estimate of drug-likeness (QED) is 0.326. The Morgan fingerprint density at radius 2 is 1.92 bits per heavy atom. The van der Waals surface area contributed by atoms with Crippen molar-refractivity contribution in [3.63, 3.8) is 0 Å². The van der Waals surface area contributed by atoms with E-state index >= 15 is 0 Å². The predicted molar refractivity (Wildman–Crippen MR) is 145 cm³/mol. The van der Waals surface area contributed by atoms with Gasteiger partial charge in [0, 0.05) is 66.3 Å². The van der Waals surface area contributed by atoms with Gasteiger partial charge < -0.3 is 20.1 Å². The number of nitrogens with zero attached hydrogens (tertiary/aromatic N) is 6. The average Bonchev–Trinajstić information content (AvgIpc) is 3.53. The van der Waals surface area contributed by atoms with Gasteiger partial charge in [0.25, 0.3) is 0 Å². The minimum absolute atomic E-state index is 0.829. The van der Waals surface area contributed by atoms with Gasteiger partial charge in [0.05, 0.1) is 35.0 Å². The van der Waals surface area contributed by atoms with Crippen LogP contribution < -0.4 is 10.2 Å². The lowest BCUT2D eigenvalue weighted by Gasteiger charge is -2.34. The van der Waals surface area contributed by atoms with Crippen molar-refractivity contribution in [3.05, 3.63) is 61.3 Å². The molecule has 0 unspecified atom stereocenters. The Kier molecular flexibility index (Phi) is 5.61. The summed E-state index contributed by atoms with van der Waals surface area (Å²) in [4.78, 5) is 21.9. The third-order valence-electron chi connectivity index (χ3n) is 6.84. The van der Waals surface area contributed by atoms with Crippen LogP contribution in [0.1, 0.15) is 13.3 Å². The van der Waals surface area contributed by atoms with E-state index in [1.54, 1.807) is 6.20 Å². The van der Waals surface area contributed by atoms with Crippen LogP contribution in [0.25, 0.3) is 44.6 Å². The second-order valence-corrected chi connectivity index (χ2v) is 9.30. The molecule has 9 nitrogen and oxygen atoms in total. The Morgan fingerprint density at radius 1 is 1.06 bits per heavy atom. The van der Waals surface area contributed by atoms with E-state index in [0.29, 0.717) is 0 Å². The van der Waals surface area contributed by atoms with Crippen LogP contribution in [0, 0.1) is 0 Å². The maximum Gasteiger partial charge on any atom is 0.139 e. The molecule has 1 aliphatic rings. The van der Waals surface area contributed by atoms with Gasteiger partial charge in [-0.25, -0.2) is 4.98 Å². The highest BCUT2D eigenvalue weighted by atomic mass is 15.2. The zero-order valence-corrected chi connectivity index (χ0v) is 20.5. The molecule has 5 aromatic rings. The van der Waals surface area contributed by atoms with Gasteiger partial charge in [0.2, 0.25) is 0 Å². The first-order chi connectivity index (χ1) is 17.6. The van der Waals surface area contributed by atoms with Gasteiger partial charge in [-0.05, 0) is 37.7 Å². The van der Waals surface area contributed by atoms with E-state index in [0.717, 1.165) is 88.6 Å². The summed E-state index contributed by atoms with van der Waals surface area (Å²) < 4.78 is 0. The molecule has 1 fully saturated rings. The van der Waals surface area contributed by atoms with Crippen LogP contribution in [0.3, 0.4) is 0 Å². The van der Waals surface area contributed by atoms with Crippen LogP contribution in [-0.2, 0) is 0 Å². The Labute approximate surface area is 209 Å². The zero-order valence-electron chi connectivity index (χ0n) is 20.5. The SMILES string of the molecule is C=C(CC)Nc1cncc(-c2cc3c(-c4cc5c(N6CCN(C)CC6)ccnc5[nH]4)n[nH]c3cn2)c1. The van der Waals surface area contributed by atoms with Crippen molar-refractivity contribution in [2.45, 2.75) is 13.3 Å². The molecule has 0 saturated carbocycles. The normalized spacial score (nSPS) is 14.6. The number of fused-ring (bicyclic) bond motifs is 2. The van der Waals surface area contributed by atoms with Gasteiger partial charge in [-0.15, -0.1) is 0 Å². The fourth-order valence-electron chi connectivity index (χ4n) is 4.68. The lowest BCUT2D eigenvalue weighted by Crippen LogP contribution is -2.44. The largest absolute Gasteiger partial charge is 0.368 e. The summed E-state index contributed by atoms with van der Waals surface area (Å²) in [5.41, 5.74) is 8.32. The first-order valence-electron chi connectivity index (χ1n) is 12.2. The topological polar surface area (TPSA) is 102 Å². The van der Waals surface area contributed by atoms with Crippen LogP contribution in [-0.4, -0.2) is 68.3 Å². The molecule has 0 aliphatic carbocycles. The van der Waals surface area contributed by atoms with Crippen LogP contribution >= 0.6 is 0 Å². The van der Waals surface area contributed by atoms with Gasteiger partial charge in [-0.3, -0.25) is 15.1 Å². The van der Waals surface area contributed by atoms with E-state index < -0.39 is 0 Å². The summed E-state index contributed by atoms with van der Waals surface area (Å²) in [6, 6.07) is 8.37. The van der Waals surface area contributed by atoms with E-state index in [4.69, 9.17) is 0 Å². The third-order valence-corrected chi connectivity index (χ3v) is 6.84. The van der Waals surface area contributed by atoms with Crippen LogP contribution in [0.4, 0.5) is 11.4 Å². The minimum atomic E-state index is 0.829. The highest BCUT2D eigenvalue weighted by Crippen LogP contribution is 2.34. The fourth-order valence-corrected chi connectivity index (χ4v) is 4.68. The van der Waals surface area contributed by atoms with Gasteiger partial charge in [-0.2, -0.15) is 5.10 Å². The summed E-state index contributed by atoms with van der Waals surface area (Å²) in [6.45, 7) is 10.2. The van der Waals surface area contributed by atoms with Crippen LogP contribution in [0.2, 0.25) is 0 Å². The number of piperazine rings is 1. The number of rotatable bonds is 6. The van der Waals surface area contributed by atoms with Crippen molar-refractivity contribution in [1.29, 1.82) is 0 Å². The Bertz CT molecular complexity index is 1560. The number of pyridine rings is 3. The molecule has 6 heterocycles. The Hall–Kier alpha value is -4.24. The molecule has 1 saturated heterocycles. The molecular formula is C27H29N9. The van der Waals surface area contributed by atoms with Crippen LogP contribution in [0.5, 0.6) is 0 Å². The van der Waals surface area contributed by atoms with Crippen molar-refractivity contribution in [3.8, 4) is 22.6 Å². The zero-order chi connectivity index (χ0) is 24.6. The van der Waals surface area contributed by atoms with Crippen molar-refractivity contribution in [2.24, 2.45) is 0 Å². The number of likely N-dealkylation sites (N-methyl/N-ethyl adjacent to an activating group) is 1. The Balaban J connectivity index is 1.38. The molecule has 182 valence electrons. The molecule has 0 atom stereocenters. The minimum Gasteiger partial charge on any atom is -0.368 e. The fraction of sp³-hybridized carbons (Fsp3) is 0.259. The van der Waals surface area contributed by atoms with Gasteiger partial charge in [-0.1, -0.05) is 13.5 Å². The van der Waals surface area contributed by atoms with Crippen molar-refractivity contribution < 1.29 is 0 Å². The first kappa shape index (κ1) is 22.2. The standard InChI is InChI=1S/C27H29N9/c1-4-17(2)31-19-11-18(14-28-15-19)22-12-20-24(16-30-22)33-34-26(20)23-13-21-25(5-6-29-27(21)32-23)36-9-7-35(3)8-10-36/h5-6,11-16,31H,2,4,7-10H2,1,3H3,(H,29,32)(H,33,34). The summed E-state index contributed by atoms with van der Waals surface area (Å²) in [5, 5.41) is 13.2. The molecule has 0 amide bonds. The molecule has 0 spiro atoms. The van der Waals surface area contributed by atoms with E-state index in [1.807, 2.05) is 24.7 Å². The van der Waals surface area contributed by atoms with E-state index in [1.165, 1.54) is 5.69 Å². The lowest BCUT2D eigenvalue weighted by atomic mass is 10.1. The van der Waals surface area contributed by atoms with Crippen molar-refractivity contribution >= 4 is 33.3 Å². The predicted octanol–water partition coefficient (Wildman–Crippen LogP) is 4.65. The van der Waals surface area contributed by atoms with Crippen molar-refractivity contribution in [2.75, 3.05) is 43.4 Å². The summed E-state index contributed by atoms with van der Waals surface area (Å²) in [6.07, 6.45) is 8.16. The Morgan fingerprint density at radius 3 is 2.75 bits per heavy atom. The smallest absolute Gasteiger partial charge is 0.139 e. The highest BCUT2D eigenvalue weighted by Gasteiger charge is 2.19. The lowest BCUT2D eigenvalue weighted by molar-refractivity contribution is 0.313. The number of H-pyrrole nitrogens is 2. The van der Waals surface area contributed by atoms with Gasteiger partial charge in [0.1, 0.15) is 11.3 Å². The molecule has 0 bridgehead atoms. The van der Waals surface area contributed by atoms with E-state index in [2.05, 4.69) is 84.0 Å². The molecule has 9 heteroatoms. The summed E-state index contributed by atoms with van der Waals surface area (Å²) in [7, 11) is 2.17. The second-order valence-electron chi connectivity index (χ2n) is 9.30. The molecule has 3 N–H and O–H groups in total. The summed E-state index contributed by atoms with van der Waals surface area (Å²) in [5.74, 6) is 0. The van der Waals surface area contributed by atoms with Crippen molar-refractivity contribution in [1.82, 2.24) is 35.0 Å². The number of aromatic nitrogens is 6. The maximum atomic E-state index is 4.65. The number of nitrogens with one attached hydrogen (secondary N) is 3. The highest BCUT2D eigenvalue weighted by molar-refractivity contribution is 5.99. The monoisotopic (exact) mass is 479 g/mol. The van der Waals surface area contributed by atoms with Crippen LogP contribution in [0.15, 0.2) is 61.3 Å². The summed E-state index contributed by atoms with van der Waals surface area (Å²) >= 11 is 0. The maximum absolute atomic E-state index is 4.65. The van der Waals surface area contributed by atoms with E-state index in [9.17, 15) is 0 Å². The molecule has 6 rings (SSSR count). The molecule has 5 aromatic heterocycles.